The van der Waals surface area contributed by atoms with Crippen LogP contribution in [0.1, 0.15) is 48.1 Å². The predicted molar refractivity (Wildman–Crippen MR) is 146 cm³/mol. The van der Waals surface area contributed by atoms with Crippen LogP contribution in [0.2, 0.25) is 0 Å². The minimum Gasteiger partial charge on any atom is -0.354 e. The van der Waals surface area contributed by atoms with Crippen molar-refractivity contribution >= 4 is 17.0 Å². The number of halogens is 3. The highest BCUT2D eigenvalue weighted by Gasteiger charge is 2.33. The first kappa shape index (κ1) is 25.2. The smallest absolute Gasteiger partial charge is 0.354 e. The van der Waals surface area contributed by atoms with Crippen molar-refractivity contribution in [3.05, 3.63) is 82.9 Å². The van der Waals surface area contributed by atoms with Crippen LogP contribution in [0.3, 0.4) is 0 Å². The molecule has 1 aliphatic rings. The third-order valence-corrected chi connectivity index (χ3v) is 7.55. The zero-order chi connectivity index (χ0) is 27.1. The van der Waals surface area contributed by atoms with Gasteiger partial charge in [0.25, 0.3) is 0 Å². The summed E-state index contributed by atoms with van der Waals surface area (Å²) in [5, 5.41) is 0. The van der Waals surface area contributed by atoms with E-state index in [9.17, 15) is 13.2 Å². The van der Waals surface area contributed by atoms with Gasteiger partial charge in [-0.1, -0.05) is 50.6 Å². The molecule has 6 rings (SSSR count). The molecule has 0 atom stereocenters. The number of aromatic nitrogens is 5. The number of nitrogens with one attached hydrogen (secondary N) is 2. The Morgan fingerprint density at radius 1 is 0.923 bits per heavy atom. The fraction of sp³-hybridized carbons (Fsp3) is 0.300. The van der Waals surface area contributed by atoms with Crippen molar-refractivity contribution in [2.45, 2.75) is 52.3 Å². The van der Waals surface area contributed by atoms with Crippen LogP contribution < -0.4 is 4.90 Å². The summed E-state index contributed by atoms with van der Waals surface area (Å²) in [6.45, 7) is 5.45. The summed E-state index contributed by atoms with van der Waals surface area (Å²) in [5.41, 5.74) is 10.3. The van der Waals surface area contributed by atoms with Gasteiger partial charge in [0.05, 0.1) is 34.3 Å². The molecule has 200 valence electrons. The molecule has 2 aromatic carbocycles. The van der Waals surface area contributed by atoms with E-state index in [-0.39, 0.29) is 0 Å². The molecule has 5 aromatic rings. The third kappa shape index (κ3) is 4.45. The first-order valence-corrected chi connectivity index (χ1v) is 13.3. The van der Waals surface area contributed by atoms with Crippen LogP contribution in [0, 0.1) is 0 Å². The van der Waals surface area contributed by atoms with Crippen LogP contribution in [0.4, 0.5) is 19.1 Å². The SMILES string of the molecule is CCCc1cccc(CC)c1-c1[nH]c(-c2cccc3[nH]cnc23)c2c1CCN(c1ncc(C(F)(F)F)cn1)C2. The molecule has 0 saturated carbocycles. The van der Waals surface area contributed by atoms with Crippen LogP contribution in [0.15, 0.2) is 55.1 Å². The van der Waals surface area contributed by atoms with Gasteiger partial charge >= 0.3 is 6.18 Å². The van der Waals surface area contributed by atoms with E-state index in [1.165, 1.54) is 22.3 Å². The quantitative estimate of drug-likeness (QED) is 0.245. The second kappa shape index (κ2) is 9.87. The van der Waals surface area contributed by atoms with Gasteiger partial charge in [0.1, 0.15) is 0 Å². The van der Waals surface area contributed by atoms with Gasteiger partial charge in [-0.2, -0.15) is 13.2 Å². The molecule has 6 nitrogen and oxygen atoms in total. The zero-order valence-corrected chi connectivity index (χ0v) is 21.9. The van der Waals surface area contributed by atoms with Crippen molar-refractivity contribution in [1.82, 2.24) is 24.9 Å². The first-order valence-electron chi connectivity index (χ1n) is 13.3. The van der Waals surface area contributed by atoms with Gasteiger partial charge in [0, 0.05) is 42.2 Å². The Hall–Kier alpha value is -4.14. The Morgan fingerprint density at radius 3 is 2.44 bits per heavy atom. The maximum atomic E-state index is 13.1. The molecular formula is C30H29F3N6. The van der Waals surface area contributed by atoms with Crippen molar-refractivity contribution in [3.63, 3.8) is 0 Å². The van der Waals surface area contributed by atoms with E-state index in [2.05, 4.69) is 63.0 Å². The number of benzene rings is 2. The molecule has 1 aliphatic heterocycles. The minimum absolute atomic E-state index is 0.293. The van der Waals surface area contributed by atoms with E-state index in [4.69, 9.17) is 0 Å². The lowest BCUT2D eigenvalue weighted by atomic mass is 9.89. The molecule has 39 heavy (non-hydrogen) atoms. The van der Waals surface area contributed by atoms with Crippen LogP contribution in [-0.4, -0.2) is 31.5 Å². The van der Waals surface area contributed by atoms with E-state index < -0.39 is 11.7 Å². The Morgan fingerprint density at radius 2 is 1.69 bits per heavy atom. The number of anilines is 1. The molecule has 9 heteroatoms. The summed E-state index contributed by atoms with van der Waals surface area (Å²) in [6.07, 6.45) is 2.59. The van der Waals surface area contributed by atoms with Crippen molar-refractivity contribution in [3.8, 4) is 22.5 Å². The van der Waals surface area contributed by atoms with Crippen molar-refractivity contribution in [1.29, 1.82) is 0 Å². The lowest BCUT2D eigenvalue weighted by molar-refractivity contribution is -0.138. The van der Waals surface area contributed by atoms with Gasteiger partial charge in [-0.25, -0.2) is 15.0 Å². The standard InChI is InChI=1S/C30H29F3N6/c1-3-7-19-9-5-8-18(4-2)25(19)28-21-12-13-39(29-34-14-20(15-35-29)30(31,32)33)16-23(21)26(38-28)22-10-6-11-24-27(22)37-17-36-24/h5-6,8-11,14-15,17,38H,3-4,7,12-13,16H2,1-2H3,(H,36,37). The Labute approximate surface area is 224 Å². The summed E-state index contributed by atoms with van der Waals surface area (Å²) in [5.74, 6) is 0.293. The number of hydrogen-bond acceptors (Lipinski definition) is 4. The second-order valence-corrected chi connectivity index (χ2v) is 9.93. The number of aryl methyl sites for hydroxylation is 2. The maximum Gasteiger partial charge on any atom is 0.419 e. The molecule has 0 amide bonds. The monoisotopic (exact) mass is 530 g/mol. The number of hydrogen-bond donors (Lipinski definition) is 2. The number of rotatable bonds is 6. The molecule has 2 N–H and O–H groups in total. The van der Waals surface area contributed by atoms with E-state index in [1.807, 2.05) is 17.0 Å². The normalized spacial score (nSPS) is 13.7. The van der Waals surface area contributed by atoms with Gasteiger partial charge in [-0.15, -0.1) is 0 Å². The fourth-order valence-electron chi connectivity index (χ4n) is 5.70. The van der Waals surface area contributed by atoms with Crippen LogP contribution >= 0.6 is 0 Å². The highest BCUT2D eigenvalue weighted by atomic mass is 19.4. The summed E-state index contributed by atoms with van der Waals surface area (Å²) in [4.78, 5) is 21.7. The molecule has 0 fully saturated rings. The van der Waals surface area contributed by atoms with Crippen LogP contribution in [-0.2, 0) is 32.0 Å². The van der Waals surface area contributed by atoms with E-state index >= 15 is 0 Å². The van der Waals surface area contributed by atoms with Crippen molar-refractivity contribution in [2.24, 2.45) is 0 Å². The molecule has 3 aromatic heterocycles. The van der Waals surface area contributed by atoms with Crippen LogP contribution in [0.25, 0.3) is 33.5 Å². The number of para-hydroxylation sites is 1. The average Bonchev–Trinajstić information content (AvgIpc) is 3.57. The summed E-state index contributed by atoms with van der Waals surface area (Å²) in [6, 6.07) is 12.6. The molecule has 0 aliphatic carbocycles. The number of aromatic amines is 2. The number of nitrogens with zero attached hydrogens (tertiary/aromatic N) is 4. The summed E-state index contributed by atoms with van der Waals surface area (Å²) in [7, 11) is 0. The fourth-order valence-corrected chi connectivity index (χ4v) is 5.70. The number of alkyl halides is 3. The van der Waals surface area contributed by atoms with E-state index in [0.717, 1.165) is 65.2 Å². The largest absolute Gasteiger partial charge is 0.419 e. The summed E-state index contributed by atoms with van der Waals surface area (Å²) >= 11 is 0. The lowest BCUT2D eigenvalue weighted by Crippen LogP contribution is -2.31. The molecule has 0 saturated heterocycles. The predicted octanol–water partition coefficient (Wildman–Crippen LogP) is 7.11. The first-order chi connectivity index (χ1) is 18.9. The minimum atomic E-state index is -4.47. The van der Waals surface area contributed by atoms with Gasteiger partial charge in [0.15, 0.2) is 0 Å². The zero-order valence-electron chi connectivity index (χ0n) is 21.9. The molecule has 0 radical (unpaired) electrons. The Balaban J connectivity index is 1.51. The highest BCUT2D eigenvalue weighted by Crippen LogP contribution is 2.42. The number of fused-ring (bicyclic) bond motifs is 2. The lowest BCUT2D eigenvalue weighted by Gasteiger charge is -2.28. The Bertz CT molecular complexity index is 1630. The summed E-state index contributed by atoms with van der Waals surface area (Å²) < 4.78 is 39.3. The number of imidazole rings is 1. The number of H-pyrrole nitrogens is 2. The second-order valence-electron chi connectivity index (χ2n) is 9.93. The van der Waals surface area contributed by atoms with Crippen molar-refractivity contribution < 1.29 is 13.2 Å². The molecule has 4 heterocycles. The van der Waals surface area contributed by atoms with Gasteiger partial charge < -0.3 is 14.9 Å². The topological polar surface area (TPSA) is 73.5 Å². The molecule has 0 unspecified atom stereocenters. The Kier molecular flexibility index (Phi) is 6.37. The molecule has 0 spiro atoms. The highest BCUT2D eigenvalue weighted by molar-refractivity contribution is 5.93. The van der Waals surface area contributed by atoms with Gasteiger partial charge in [-0.3, -0.25) is 0 Å². The van der Waals surface area contributed by atoms with Crippen LogP contribution in [0.5, 0.6) is 0 Å². The van der Waals surface area contributed by atoms with E-state index in [1.54, 1.807) is 6.33 Å². The van der Waals surface area contributed by atoms with Gasteiger partial charge in [0.2, 0.25) is 5.95 Å². The average molecular weight is 531 g/mol. The third-order valence-electron chi connectivity index (χ3n) is 7.55. The molecule has 0 bridgehead atoms. The van der Waals surface area contributed by atoms with Crippen molar-refractivity contribution in [2.75, 3.05) is 11.4 Å². The van der Waals surface area contributed by atoms with E-state index in [0.29, 0.717) is 25.5 Å². The maximum absolute atomic E-state index is 13.1. The van der Waals surface area contributed by atoms with Gasteiger partial charge in [-0.05, 0) is 42.0 Å². The molecular weight excluding hydrogens is 501 g/mol.